The van der Waals surface area contributed by atoms with Crippen molar-refractivity contribution in [3.8, 4) is 6.07 Å². The molecule has 1 aromatic rings. The summed E-state index contributed by atoms with van der Waals surface area (Å²) in [4.78, 5) is 0.0827. The topological polar surface area (TPSA) is 82.0 Å². The molecule has 2 unspecified atom stereocenters. The Morgan fingerprint density at radius 1 is 1.50 bits per heavy atom. The zero-order valence-electron chi connectivity index (χ0n) is 11.1. The third-order valence-corrected chi connectivity index (χ3v) is 5.24. The maximum absolute atomic E-state index is 12.3. The van der Waals surface area contributed by atoms with Crippen LogP contribution in [0.5, 0.6) is 0 Å². The smallest absolute Gasteiger partial charge is 0.240 e. The molecule has 1 fully saturated rings. The van der Waals surface area contributed by atoms with E-state index in [0.29, 0.717) is 0 Å². The lowest BCUT2D eigenvalue weighted by Gasteiger charge is -2.30. The van der Waals surface area contributed by atoms with E-state index < -0.39 is 10.0 Å². The lowest BCUT2D eigenvalue weighted by atomic mass is 10.0. The molecule has 7 heteroatoms. The molecule has 0 saturated carbocycles. The molecule has 0 aromatic heterocycles. The lowest BCUT2D eigenvalue weighted by Crippen LogP contribution is -2.51. The average molecular weight is 314 g/mol. The van der Waals surface area contributed by atoms with Crippen molar-refractivity contribution in [3.63, 3.8) is 0 Å². The quantitative estimate of drug-likeness (QED) is 0.888. The molecule has 1 aromatic carbocycles. The van der Waals surface area contributed by atoms with Crippen molar-refractivity contribution < 1.29 is 8.42 Å². The third kappa shape index (κ3) is 3.30. The first-order valence-corrected chi connectivity index (χ1v) is 8.25. The van der Waals surface area contributed by atoms with Crippen LogP contribution in [0.25, 0.3) is 0 Å². The van der Waals surface area contributed by atoms with Gasteiger partial charge in [-0.1, -0.05) is 11.6 Å². The Labute approximate surface area is 124 Å². The zero-order chi connectivity index (χ0) is 14.8. The van der Waals surface area contributed by atoms with Gasteiger partial charge in [0, 0.05) is 12.1 Å². The number of nitriles is 1. The van der Waals surface area contributed by atoms with Crippen LogP contribution in [0.3, 0.4) is 0 Å². The van der Waals surface area contributed by atoms with Crippen LogP contribution in [0.1, 0.15) is 25.3 Å². The van der Waals surface area contributed by atoms with E-state index in [-0.39, 0.29) is 27.6 Å². The van der Waals surface area contributed by atoms with Crippen LogP contribution >= 0.6 is 11.6 Å². The van der Waals surface area contributed by atoms with Gasteiger partial charge in [-0.2, -0.15) is 5.26 Å². The normalized spacial score (nSPS) is 23.2. The van der Waals surface area contributed by atoms with Crippen LogP contribution < -0.4 is 10.0 Å². The van der Waals surface area contributed by atoms with Gasteiger partial charge in [0.1, 0.15) is 6.07 Å². The Balaban J connectivity index is 2.22. The minimum Gasteiger partial charge on any atom is -0.313 e. The predicted molar refractivity (Wildman–Crippen MR) is 77.0 cm³/mol. The van der Waals surface area contributed by atoms with Crippen molar-refractivity contribution in [2.24, 2.45) is 0 Å². The molecule has 0 aliphatic carbocycles. The number of hydrogen-bond acceptors (Lipinski definition) is 4. The molecule has 1 aliphatic rings. The first kappa shape index (κ1) is 15.3. The molecule has 108 valence electrons. The van der Waals surface area contributed by atoms with E-state index in [9.17, 15) is 8.42 Å². The molecule has 1 saturated heterocycles. The Morgan fingerprint density at radius 2 is 2.25 bits per heavy atom. The summed E-state index contributed by atoms with van der Waals surface area (Å²) < 4.78 is 27.3. The summed E-state index contributed by atoms with van der Waals surface area (Å²) in [5, 5.41) is 12.2. The van der Waals surface area contributed by atoms with Crippen LogP contribution in [-0.4, -0.2) is 27.0 Å². The van der Waals surface area contributed by atoms with Gasteiger partial charge in [0.15, 0.2) is 0 Å². The Morgan fingerprint density at radius 3 is 2.85 bits per heavy atom. The number of nitrogens with zero attached hydrogens (tertiary/aromatic N) is 1. The maximum atomic E-state index is 12.3. The van der Waals surface area contributed by atoms with Gasteiger partial charge in [-0.3, -0.25) is 0 Å². The third-order valence-electron chi connectivity index (χ3n) is 3.44. The van der Waals surface area contributed by atoms with Gasteiger partial charge >= 0.3 is 0 Å². The SMILES string of the molecule is CC1NCCCC1NS(=O)(=O)c1ccc(C#N)c(Cl)c1. The number of hydrogen-bond donors (Lipinski definition) is 2. The highest BCUT2D eigenvalue weighted by Gasteiger charge is 2.26. The fourth-order valence-corrected chi connectivity index (χ4v) is 3.89. The minimum absolute atomic E-state index is 0.0827. The Kier molecular flexibility index (Phi) is 4.66. The summed E-state index contributed by atoms with van der Waals surface area (Å²) in [7, 11) is -3.62. The van der Waals surface area contributed by atoms with Crippen molar-refractivity contribution >= 4 is 21.6 Å². The fraction of sp³-hybridized carbons (Fsp3) is 0.462. The van der Waals surface area contributed by atoms with Gasteiger partial charge in [0.05, 0.1) is 15.5 Å². The van der Waals surface area contributed by atoms with Gasteiger partial charge in [0.2, 0.25) is 10.0 Å². The molecule has 5 nitrogen and oxygen atoms in total. The molecule has 1 heterocycles. The number of benzene rings is 1. The van der Waals surface area contributed by atoms with Crippen LogP contribution in [0.4, 0.5) is 0 Å². The molecule has 0 radical (unpaired) electrons. The van der Waals surface area contributed by atoms with E-state index in [1.54, 1.807) is 0 Å². The zero-order valence-corrected chi connectivity index (χ0v) is 12.6. The molecule has 0 bridgehead atoms. The Hall–Kier alpha value is -1.13. The van der Waals surface area contributed by atoms with Gasteiger partial charge in [-0.05, 0) is 44.5 Å². The average Bonchev–Trinajstić information content (AvgIpc) is 2.41. The lowest BCUT2D eigenvalue weighted by molar-refractivity contribution is 0.349. The van der Waals surface area contributed by atoms with E-state index in [1.165, 1.54) is 18.2 Å². The Bertz CT molecular complexity index is 640. The number of rotatable bonds is 3. The number of sulfonamides is 1. The summed E-state index contributed by atoms with van der Waals surface area (Å²) in [5.74, 6) is 0. The summed E-state index contributed by atoms with van der Waals surface area (Å²) in [6.07, 6.45) is 1.74. The van der Waals surface area contributed by atoms with Crippen LogP contribution in [0.2, 0.25) is 5.02 Å². The highest BCUT2D eigenvalue weighted by molar-refractivity contribution is 7.89. The second-order valence-corrected chi connectivity index (χ2v) is 6.99. The minimum atomic E-state index is -3.62. The second kappa shape index (κ2) is 6.10. The van der Waals surface area contributed by atoms with Gasteiger partial charge in [0.25, 0.3) is 0 Å². The highest BCUT2D eigenvalue weighted by Crippen LogP contribution is 2.21. The molecular weight excluding hydrogens is 298 g/mol. The summed E-state index contributed by atoms with van der Waals surface area (Å²) in [6, 6.07) is 5.98. The van der Waals surface area contributed by atoms with E-state index in [0.717, 1.165) is 19.4 Å². The van der Waals surface area contributed by atoms with Crippen molar-refractivity contribution in [2.75, 3.05) is 6.54 Å². The first-order chi connectivity index (χ1) is 9.44. The van der Waals surface area contributed by atoms with Crippen molar-refractivity contribution in [1.29, 1.82) is 5.26 Å². The predicted octanol–water partition coefficient (Wildman–Crippen LogP) is 1.63. The molecule has 2 atom stereocenters. The largest absolute Gasteiger partial charge is 0.313 e. The molecule has 20 heavy (non-hydrogen) atoms. The number of halogens is 1. The number of nitrogens with one attached hydrogen (secondary N) is 2. The first-order valence-electron chi connectivity index (χ1n) is 6.39. The van der Waals surface area contributed by atoms with Crippen molar-refractivity contribution in [3.05, 3.63) is 28.8 Å². The summed E-state index contributed by atoms with van der Waals surface area (Å²) in [6.45, 7) is 2.86. The highest BCUT2D eigenvalue weighted by atomic mass is 35.5. The maximum Gasteiger partial charge on any atom is 0.240 e. The molecule has 2 N–H and O–H groups in total. The van der Waals surface area contributed by atoms with E-state index in [1.807, 2.05) is 13.0 Å². The van der Waals surface area contributed by atoms with Crippen LogP contribution in [0, 0.1) is 11.3 Å². The van der Waals surface area contributed by atoms with Crippen molar-refractivity contribution in [2.45, 2.75) is 36.7 Å². The molecule has 2 rings (SSSR count). The summed E-state index contributed by atoms with van der Waals surface area (Å²) in [5.41, 5.74) is 0.262. The van der Waals surface area contributed by atoms with Gasteiger partial charge < -0.3 is 5.32 Å². The van der Waals surface area contributed by atoms with Crippen molar-refractivity contribution in [1.82, 2.24) is 10.0 Å². The molecule has 0 spiro atoms. The van der Waals surface area contributed by atoms with E-state index in [4.69, 9.17) is 16.9 Å². The van der Waals surface area contributed by atoms with Gasteiger partial charge in [-0.15, -0.1) is 0 Å². The molecule has 0 amide bonds. The van der Waals surface area contributed by atoms with E-state index >= 15 is 0 Å². The van der Waals surface area contributed by atoms with Crippen LogP contribution in [0.15, 0.2) is 23.1 Å². The fourth-order valence-electron chi connectivity index (χ4n) is 2.23. The van der Waals surface area contributed by atoms with Gasteiger partial charge in [-0.25, -0.2) is 13.1 Å². The van der Waals surface area contributed by atoms with Crippen LogP contribution in [-0.2, 0) is 10.0 Å². The monoisotopic (exact) mass is 313 g/mol. The van der Waals surface area contributed by atoms with E-state index in [2.05, 4.69) is 10.0 Å². The molecule has 1 aliphatic heterocycles. The molecular formula is C13H16ClN3O2S. The summed E-state index contributed by atoms with van der Waals surface area (Å²) >= 11 is 5.88. The number of piperidine rings is 1. The second-order valence-electron chi connectivity index (χ2n) is 4.87. The standard InChI is InChI=1S/C13H16ClN3O2S/c1-9-13(3-2-6-16-9)17-20(18,19)11-5-4-10(8-15)12(14)7-11/h4-5,7,9,13,16-17H,2-3,6H2,1H3.